The number of carbonyl (C=O) groups is 1. The molecule has 0 spiro atoms. The predicted octanol–water partition coefficient (Wildman–Crippen LogP) is 4.40. The lowest BCUT2D eigenvalue weighted by atomic mass is 9.88. The molecule has 0 fully saturated rings. The van der Waals surface area contributed by atoms with Crippen molar-refractivity contribution >= 4 is 6.09 Å². The van der Waals surface area contributed by atoms with Crippen molar-refractivity contribution in [3.63, 3.8) is 0 Å². The van der Waals surface area contributed by atoms with Crippen molar-refractivity contribution in [2.24, 2.45) is 5.92 Å². The summed E-state index contributed by atoms with van der Waals surface area (Å²) in [6.45, 7) is 8.34. The highest BCUT2D eigenvalue weighted by molar-refractivity contribution is 5.74. The van der Waals surface area contributed by atoms with Gasteiger partial charge in [0.15, 0.2) is 0 Å². The van der Waals surface area contributed by atoms with Crippen molar-refractivity contribution in [3.05, 3.63) is 52.3 Å². The average Bonchev–Trinajstić information content (AvgIpc) is 2.56. The number of nitrogens with one attached hydrogen (secondary N) is 1. The first-order valence-electron chi connectivity index (χ1n) is 8.75. The van der Waals surface area contributed by atoms with Gasteiger partial charge in [-0.3, -0.25) is 4.98 Å². The van der Waals surface area contributed by atoms with Crippen LogP contribution in [0.5, 0.6) is 0 Å². The lowest BCUT2D eigenvalue weighted by molar-refractivity contribution is 0.194. The number of benzene rings is 1. The Hall–Kier alpha value is -2.87. The van der Waals surface area contributed by atoms with Crippen LogP contribution < -0.4 is 5.32 Å². The van der Waals surface area contributed by atoms with E-state index in [9.17, 15) is 10.1 Å². The standard InChI is InChI=1S/C21H25N3O2/c1-13(2)11-19-18(12-23-21(25)26)20(16-7-5-14(3)6-8-16)17(9-10-22)15(4)24-19/h5-8,13,23H,9,11-12H2,1-4H3,(H,25,26). The molecule has 1 amide bonds. The Balaban J connectivity index is 2.75. The molecule has 1 aromatic carbocycles. The Morgan fingerprint density at radius 1 is 1.23 bits per heavy atom. The summed E-state index contributed by atoms with van der Waals surface area (Å²) in [5.41, 5.74) is 6.52. The highest BCUT2D eigenvalue weighted by Gasteiger charge is 2.20. The first-order valence-corrected chi connectivity index (χ1v) is 8.75. The first kappa shape index (κ1) is 19.5. The number of aryl methyl sites for hydroxylation is 2. The van der Waals surface area contributed by atoms with Crippen molar-refractivity contribution < 1.29 is 9.90 Å². The van der Waals surface area contributed by atoms with Crippen LogP contribution in [-0.4, -0.2) is 16.2 Å². The average molecular weight is 351 g/mol. The second-order valence-corrected chi connectivity index (χ2v) is 6.93. The molecule has 26 heavy (non-hydrogen) atoms. The van der Waals surface area contributed by atoms with Crippen LogP contribution in [0.4, 0.5) is 4.79 Å². The minimum atomic E-state index is -1.07. The SMILES string of the molecule is Cc1ccc(-c2c(CC#N)c(C)nc(CC(C)C)c2CNC(=O)O)cc1. The molecular formula is C21H25N3O2. The van der Waals surface area contributed by atoms with Gasteiger partial charge in [0.1, 0.15) is 0 Å². The Labute approximate surface area is 154 Å². The molecule has 2 rings (SSSR count). The Bertz CT molecular complexity index is 834. The lowest BCUT2D eigenvalue weighted by Gasteiger charge is -2.21. The summed E-state index contributed by atoms with van der Waals surface area (Å²) in [5.74, 6) is 0.387. The van der Waals surface area contributed by atoms with Gasteiger partial charge in [0.05, 0.1) is 12.5 Å². The zero-order valence-electron chi connectivity index (χ0n) is 15.8. The molecule has 2 N–H and O–H groups in total. The smallest absolute Gasteiger partial charge is 0.404 e. The molecule has 0 saturated carbocycles. The van der Waals surface area contributed by atoms with E-state index in [1.165, 1.54) is 0 Å². The molecule has 0 aliphatic carbocycles. The van der Waals surface area contributed by atoms with E-state index in [0.717, 1.165) is 45.6 Å². The van der Waals surface area contributed by atoms with Gasteiger partial charge >= 0.3 is 6.09 Å². The van der Waals surface area contributed by atoms with Crippen molar-refractivity contribution in [2.45, 2.75) is 47.1 Å². The van der Waals surface area contributed by atoms with Crippen molar-refractivity contribution in [2.75, 3.05) is 0 Å². The van der Waals surface area contributed by atoms with Crippen LogP contribution in [0.2, 0.25) is 0 Å². The van der Waals surface area contributed by atoms with E-state index in [1.54, 1.807) is 0 Å². The molecule has 0 aliphatic rings. The van der Waals surface area contributed by atoms with Crippen LogP contribution in [-0.2, 0) is 19.4 Å². The second kappa shape index (κ2) is 8.48. The lowest BCUT2D eigenvalue weighted by Crippen LogP contribution is -2.23. The van der Waals surface area contributed by atoms with Gasteiger partial charge < -0.3 is 10.4 Å². The summed E-state index contributed by atoms with van der Waals surface area (Å²) < 4.78 is 0. The maximum atomic E-state index is 11.1. The van der Waals surface area contributed by atoms with Gasteiger partial charge in [-0.2, -0.15) is 5.26 Å². The van der Waals surface area contributed by atoms with E-state index in [1.807, 2.05) is 38.1 Å². The maximum absolute atomic E-state index is 11.1. The number of nitrogens with zero attached hydrogens (tertiary/aromatic N) is 2. The summed E-state index contributed by atoms with van der Waals surface area (Å²) in [6.07, 6.45) is -0.0782. The Morgan fingerprint density at radius 2 is 1.88 bits per heavy atom. The van der Waals surface area contributed by atoms with Crippen LogP contribution in [0, 0.1) is 31.1 Å². The second-order valence-electron chi connectivity index (χ2n) is 6.93. The molecule has 2 aromatic rings. The van der Waals surface area contributed by atoms with Crippen LogP contribution in [0.3, 0.4) is 0 Å². The zero-order chi connectivity index (χ0) is 19.3. The van der Waals surface area contributed by atoms with Crippen molar-refractivity contribution in [1.29, 1.82) is 5.26 Å². The van der Waals surface area contributed by atoms with E-state index < -0.39 is 6.09 Å². The number of carboxylic acid groups (broad SMARTS) is 1. The molecule has 136 valence electrons. The third-order valence-corrected chi connectivity index (χ3v) is 4.31. The number of nitriles is 1. The normalized spacial score (nSPS) is 10.6. The van der Waals surface area contributed by atoms with E-state index in [4.69, 9.17) is 10.1 Å². The van der Waals surface area contributed by atoms with Gasteiger partial charge in [-0.1, -0.05) is 43.7 Å². The molecule has 1 heterocycles. The van der Waals surface area contributed by atoms with E-state index >= 15 is 0 Å². The van der Waals surface area contributed by atoms with Crippen molar-refractivity contribution in [3.8, 4) is 17.2 Å². The summed E-state index contributed by atoms with van der Waals surface area (Å²) in [4.78, 5) is 15.8. The van der Waals surface area contributed by atoms with Crippen LogP contribution in [0.15, 0.2) is 24.3 Å². The molecule has 5 nitrogen and oxygen atoms in total. The molecule has 0 unspecified atom stereocenters. The molecule has 0 aliphatic heterocycles. The monoisotopic (exact) mass is 351 g/mol. The molecule has 0 bridgehead atoms. The minimum Gasteiger partial charge on any atom is -0.465 e. The number of rotatable bonds is 6. The number of amides is 1. The number of pyridine rings is 1. The minimum absolute atomic E-state index is 0.173. The van der Waals surface area contributed by atoms with Crippen molar-refractivity contribution in [1.82, 2.24) is 10.3 Å². The Kier molecular flexibility index (Phi) is 6.35. The molecular weight excluding hydrogens is 326 g/mol. The van der Waals surface area contributed by atoms with Crippen LogP contribution in [0.25, 0.3) is 11.1 Å². The third-order valence-electron chi connectivity index (χ3n) is 4.31. The van der Waals surface area contributed by atoms with Gasteiger partial charge in [0, 0.05) is 23.5 Å². The molecule has 1 aromatic heterocycles. The Morgan fingerprint density at radius 3 is 2.42 bits per heavy atom. The van der Waals surface area contributed by atoms with Crippen LogP contribution in [0.1, 0.15) is 41.9 Å². The van der Waals surface area contributed by atoms with E-state index in [2.05, 4.69) is 25.2 Å². The third kappa shape index (κ3) is 4.60. The predicted molar refractivity (Wildman–Crippen MR) is 102 cm³/mol. The largest absolute Gasteiger partial charge is 0.465 e. The highest BCUT2D eigenvalue weighted by Crippen LogP contribution is 2.33. The van der Waals surface area contributed by atoms with Gasteiger partial charge in [-0.15, -0.1) is 0 Å². The van der Waals surface area contributed by atoms with Crippen LogP contribution >= 0.6 is 0 Å². The molecule has 0 atom stereocenters. The van der Waals surface area contributed by atoms with Gasteiger partial charge in [0.2, 0.25) is 0 Å². The topological polar surface area (TPSA) is 86.0 Å². The summed E-state index contributed by atoms with van der Waals surface area (Å²) in [6, 6.07) is 10.3. The number of aromatic nitrogens is 1. The fourth-order valence-electron chi connectivity index (χ4n) is 3.12. The summed E-state index contributed by atoms with van der Waals surface area (Å²) in [7, 11) is 0. The quantitative estimate of drug-likeness (QED) is 0.808. The van der Waals surface area contributed by atoms with E-state index in [-0.39, 0.29) is 13.0 Å². The molecule has 0 radical (unpaired) electrons. The fraction of sp³-hybridized carbons (Fsp3) is 0.381. The molecule has 5 heteroatoms. The van der Waals surface area contributed by atoms with Gasteiger partial charge in [-0.25, -0.2) is 4.79 Å². The fourth-order valence-corrected chi connectivity index (χ4v) is 3.12. The highest BCUT2D eigenvalue weighted by atomic mass is 16.4. The van der Waals surface area contributed by atoms with Gasteiger partial charge in [-0.05, 0) is 42.9 Å². The summed E-state index contributed by atoms with van der Waals surface area (Å²) >= 11 is 0. The first-order chi connectivity index (χ1) is 12.3. The number of hydrogen-bond donors (Lipinski definition) is 2. The number of hydrogen-bond acceptors (Lipinski definition) is 3. The maximum Gasteiger partial charge on any atom is 0.404 e. The van der Waals surface area contributed by atoms with Gasteiger partial charge in [0.25, 0.3) is 0 Å². The summed E-state index contributed by atoms with van der Waals surface area (Å²) in [5, 5.41) is 20.9. The zero-order valence-corrected chi connectivity index (χ0v) is 15.8. The van der Waals surface area contributed by atoms with E-state index in [0.29, 0.717) is 5.92 Å². The molecule has 0 saturated heterocycles.